The normalized spacial score (nSPS) is 13.4. The number of pyridine rings is 1. The highest BCUT2D eigenvalue weighted by molar-refractivity contribution is 5.81. The number of benzene rings is 1. The number of aryl methyl sites for hydroxylation is 2. The minimum Gasteiger partial charge on any atom is -0.480 e. The minimum atomic E-state index is -0.963. The summed E-state index contributed by atoms with van der Waals surface area (Å²) in [6.45, 7) is 2.70. The number of primary amides is 1. The number of nitrogens with two attached hydrogens (primary N) is 1. The van der Waals surface area contributed by atoms with Gasteiger partial charge in [-0.15, -0.1) is 0 Å². The number of carboxylic acids is 1. The van der Waals surface area contributed by atoms with Crippen molar-refractivity contribution in [2.75, 3.05) is 36.8 Å². The fourth-order valence-electron chi connectivity index (χ4n) is 4.76. The highest BCUT2D eigenvalue weighted by atomic mass is 16.4. The Hall–Kier alpha value is -4.05. The van der Waals surface area contributed by atoms with Gasteiger partial charge in [-0.05, 0) is 62.3 Å². The van der Waals surface area contributed by atoms with Gasteiger partial charge in [0.2, 0.25) is 5.91 Å². The summed E-state index contributed by atoms with van der Waals surface area (Å²) in [4.78, 5) is 38.9. The van der Waals surface area contributed by atoms with Crippen LogP contribution in [0.3, 0.4) is 0 Å². The fraction of sp³-hybridized carbons (Fsp3) is 0.414. The van der Waals surface area contributed by atoms with Crippen LogP contribution in [0.2, 0.25) is 0 Å². The van der Waals surface area contributed by atoms with E-state index >= 15 is 0 Å². The first kappa shape index (κ1) is 28.0. The summed E-state index contributed by atoms with van der Waals surface area (Å²) in [5.74, 6) is 0.147. The van der Waals surface area contributed by atoms with Crippen LogP contribution in [0.1, 0.15) is 43.4 Å². The van der Waals surface area contributed by atoms with E-state index in [1.165, 1.54) is 11.9 Å². The molecule has 0 aliphatic carbocycles. The molecule has 0 spiro atoms. The third kappa shape index (κ3) is 8.47. The zero-order valence-electron chi connectivity index (χ0n) is 22.2. The number of anilines is 2. The summed E-state index contributed by atoms with van der Waals surface area (Å²) < 4.78 is 0. The van der Waals surface area contributed by atoms with E-state index in [-0.39, 0.29) is 12.3 Å². The second-order valence-electron chi connectivity index (χ2n) is 9.83. The number of aliphatic carboxylic acids is 1. The zero-order valence-corrected chi connectivity index (χ0v) is 22.2. The SMILES string of the molecule is NC(=O)CCN(CCCCc1ccc2c(n1)NCCC2)CC[C@H](Nc1ncncc1-c1ccccc1)C(=O)O. The van der Waals surface area contributed by atoms with Gasteiger partial charge in [-0.3, -0.25) is 4.79 Å². The number of hydrogen-bond donors (Lipinski definition) is 4. The molecule has 0 radical (unpaired) electrons. The summed E-state index contributed by atoms with van der Waals surface area (Å²) in [7, 11) is 0. The third-order valence-corrected chi connectivity index (χ3v) is 6.92. The van der Waals surface area contributed by atoms with Crippen LogP contribution in [0.25, 0.3) is 11.1 Å². The van der Waals surface area contributed by atoms with Crippen LogP contribution in [-0.4, -0.2) is 69.1 Å². The van der Waals surface area contributed by atoms with Gasteiger partial charge in [0, 0.05) is 43.5 Å². The molecule has 0 saturated carbocycles. The maximum Gasteiger partial charge on any atom is 0.326 e. The Morgan fingerprint density at radius 3 is 2.74 bits per heavy atom. The van der Waals surface area contributed by atoms with E-state index in [9.17, 15) is 14.7 Å². The Morgan fingerprint density at radius 2 is 1.95 bits per heavy atom. The number of nitrogens with zero attached hydrogens (tertiary/aromatic N) is 4. The van der Waals surface area contributed by atoms with E-state index in [4.69, 9.17) is 10.7 Å². The standard InChI is InChI=1S/C29H37N7O3/c30-26(37)14-18-36(16-5-4-10-23-12-11-22-9-6-15-32-27(22)34-23)17-13-25(29(38)39)35-28-24(19-31-20-33-28)21-7-2-1-3-8-21/h1-3,7-8,11-12,19-20,25H,4-6,9-10,13-18H2,(H2,30,37)(H,32,34)(H,38,39)(H,31,33,35)/t25-/m0/s1. The molecule has 1 aliphatic rings. The maximum absolute atomic E-state index is 12.1. The first-order valence-electron chi connectivity index (χ1n) is 13.6. The van der Waals surface area contributed by atoms with Crippen molar-refractivity contribution in [2.45, 2.75) is 51.0 Å². The predicted octanol–water partition coefficient (Wildman–Crippen LogP) is 3.35. The molecular formula is C29H37N7O3. The van der Waals surface area contributed by atoms with Crippen molar-refractivity contribution in [3.8, 4) is 11.1 Å². The van der Waals surface area contributed by atoms with Crippen molar-refractivity contribution in [3.05, 3.63) is 66.2 Å². The predicted molar refractivity (Wildman–Crippen MR) is 151 cm³/mol. The van der Waals surface area contributed by atoms with Gasteiger partial charge in [0.25, 0.3) is 0 Å². The lowest BCUT2D eigenvalue weighted by molar-refractivity contribution is -0.138. The van der Waals surface area contributed by atoms with Crippen LogP contribution in [0.15, 0.2) is 55.0 Å². The summed E-state index contributed by atoms with van der Waals surface area (Å²) >= 11 is 0. The van der Waals surface area contributed by atoms with Gasteiger partial charge in [0.1, 0.15) is 24.0 Å². The summed E-state index contributed by atoms with van der Waals surface area (Å²) in [6.07, 6.45) is 8.57. The molecule has 10 nitrogen and oxygen atoms in total. The smallest absolute Gasteiger partial charge is 0.326 e. The Bertz CT molecular complexity index is 1240. The molecule has 1 atom stereocenters. The molecule has 1 amide bonds. The zero-order chi connectivity index (χ0) is 27.5. The Kier molecular flexibility index (Phi) is 10.2. The maximum atomic E-state index is 12.1. The van der Waals surface area contributed by atoms with Crippen molar-refractivity contribution < 1.29 is 14.7 Å². The average molecular weight is 532 g/mol. The lowest BCUT2D eigenvalue weighted by atomic mass is 10.1. The molecule has 3 aromatic rings. The number of amides is 1. The van der Waals surface area contributed by atoms with Crippen LogP contribution in [0, 0.1) is 0 Å². The second-order valence-corrected chi connectivity index (χ2v) is 9.83. The molecule has 0 bridgehead atoms. The average Bonchev–Trinajstić information content (AvgIpc) is 2.95. The number of rotatable bonds is 15. The summed E-state index contributed by atoms with van der Waals surface area (Å²) in [6, 6.07) is 13.0. The van der Waals surface area contributed by atoms with E-state index < -0.39 is 12.0 Å². The van der Waals surface area contributed by atoms with Crippen molar-refractivity contribution in [1.29, 1.82) is 0 Å². The molecule has 206 valence electrons. The number of aromatic nitrogens is 3. The van der Waals surface area contributed by atoms with Gasteiger partial charge < -0.3 is 26.4 Å². The molecule has 0 saturated heterocycles. The quantitative estimate of drug-likeness (QED) is 0.217. The number of nitrogens with one attached hydrogen (secondary N) is 2. The van der Waals surface area contributed by atoms with Crippen molar-refractivity contribution in [2.24, 2.45) is 5.73 Å². The van der Waals surface area contributed by atoms with Crippen molar-refractivity contribution in [1.82, 2.24) is 19.9 Å². The molecule has 5 N–H and O–H groups in total. The number of carbonyl (C=O) groups is 2. The van der Waals surface area contributed by atoms with Gasteiger partial charge in [-0.25, -0.2) is 19.7 Å². The van der Waals surface area contributed by atoms with Crippen LogP contribution >= 0.6 is 0 Å². The molecule has 10 heteroatoms. The highest BCUT2D eigenvalue weighted by Crippen LogP contribution is 2.26. The van der Waals surface area contributed by atoms with E-state index in [0.29, 0.717) is 25.3 Å². The highest BCUT2D eigenvalue weighted by Gasteiger charge is 2.21. The number of hydrogen-bond acceptors (Lipinski definition) is 8. The van der Waals surface area contributed by atoms with Crippen molar-refractivity contribution in [3.63, 3.8) is 0 Å². The molecule has 2 aromatic heterocycles. The Balaban J connectivity index is 1.33. The van der Waals surface area contributed by atoms with Crippen LogP contribution < -0.4 is 16.4 Å². The summed E-state index contributed by atoms with van der Waals surface area (Å²) in [5.41, 5.74) is 9.39. The molecule has 3 heterocycles. The number of carboxylic acid groups (broad SMARTS) is 1. The molecule has 39 heavy (non-hydrogen) atoms. The van der Waals surface area contributed by atoms with E-state index in [1.54, 1.807) is 6.20 Å². The van der Waals surface area contributed by atoms with E-state index in [1.807, 2.05) is 30.3 Å². The lowest BCUT2D eigenvalue weighted by Crippen LogP contribution is -2.37. The Morgan fingerprint density at radius 1 is 1.10 bits per heavy atom. The second kappa shape index (κ2) is 14.2. The van der Waals surface area contributed by atoms with Gasteiger partial charge >= 0.3 is 5.97 Å². The largest absolute Gasteiger partial charge is 0.480 e. The molecule has 1 aromatic carbocycles. The number of unbranched alkanes of at least 4 members (excludes halogenated alkanes) is 1. The summed E-state index contributed by atoms with van der Waals surface area (Å²) in [5, 5.41) is 16.4. The molecule has 0 fully saturated rings. The van der Waals surface area contributed by atoms with Gasteiger partial charge in [0.15, 0.2) is 0 Å². The topological polar surface area (TPSA) is 146 Å². The first-order chi connectivity index (χ1) is 19.0. The van der Waals surface area contributed by atoms with E-state index in [0.717, 1.165) is 67.8 Å². The van der Waals surface area contributed by atoms with Crippen LogP contribution in [-0.2, 0) is 22.4 Å². The minimum absolute atomic E-state index is 0.229. The lowest BCUT2D eigenvalue weighted by Gasteiger charge is -2.24. The van der Waals surface area contributed by atoms with Gasteiger partial charge in [-0.1, -0.05) is 36.4 Å². The van der Waals surface area contributed by atoms with Gasteiger partial charge in [-0.2, -0.15) is 0 Å². The monoisotopic (exact) mass is 531 g/mol. The number of fused-ring (bicyclic) bond motifs is 1. The number of carbonyl (C=O) groups excluding carboxylic acids is 1. The van der Waals surface area contributed by atoms with Crippen LogP contribution in [0.5, 0.6) is 0 Å². The first-order valence-corrected chi connectivity index (χ1v) is 13.6. The Labute approximate surface area is 229 Å². The molecule has 4 rings (SSSR count). The van der Waals surface area contributed by atoms with E-state index in [2.05, 4.69) is 37.6 Å². The van der Waals surface area contributed by atoms with Crippen molar-refractivity contribution >= 4 is 23.5 Å². The van der Waals surface area contributed by atoms with Crippen LogP contribution in [0.4, 0.5) is 11.6 Å². The third-order valence-electron chi connectivity index (χ3n) is 6.92. The van der Waals surface area contributed by atoms with Gasteiger partial charge in [0.05, 0.1) is 0 Å². The molecular weight excluding hydrogens is 494 g/mol. The molecule has 0 unspecified atom stereocenters. The fourth-order valence-corrected chi connectivity index (χ4v) is 4.76. The molecule has 1 aliphatic heterocycles.